The molecule has 0 spiro atoms. The van der Waals surface area contributed by atoms with Gasteiger partial charge in [-0.25, -0.2) is 0 Å². The van der Waals surface area contributed by atoms with Gasteiger partial charge in [0.2, 0.25) is 5.91 Å². The number of esters is 1. The Balaban J connectivity index is 2.45. The van der Waals surface area contributed by atoms with Gasteiger partial charge in [0.25, 0.3) is 0 Å². The van der Waals surface area contributed by atoms with Crippen molar-refractivity contribution in [3.8, 4) is 5.75 Å². The molecule has 0 aliphatic heterocycles. The quantitative estimate of drug-likeness (QED) is 0.610. The van der Waals surface area contributed by atoms with Gasteiger partial charge in [-0.2, -0.15) is 0 Å². The van der Waals surface area contributed by atoms with Crippen molar-refractivity contribution in [2.75, 3.05) is 13.7 Å². The number of ether oxygens (including phenoxy) is 2. The maximum atomic E-state index is 11.4. The maximum absolute atomic E-state index is 11.4. The topological polar surface area (TPSA) is 64.6 Å². The van der Waals surface area contributed by atoms with E-state index in [2.05, 4.69) is 10.1 Å². The average molecular weight is 251 g/mol. The molecule has 98 valence electrons. The number of carbonyl (C=O) groups is 2. The summed E-state index contributed by atoms with van der Waals surface area (Å²) in [5.74, 6) is -0.177. The maximum Gasteiger partial charge on any atom is 0.315 e. The molecule has 1 N–H and O–H groups in total. The fraction of sp³-hybridized carbons (Fsp3) is 0.385. The van der Waals surface area contributed by atoms with Crippen LogP contribution in [0.5, 0.6) is 5.75 Å². The molecule has 0 aliphatic rings. The number of para-hydroxylation sites is 1. The van der Waals surface area contributed by atoms with Gasteiger partial charge in [0.1, 0.15) is 12.2 Å². The van der Waals surface area contributed by atoms with Gasteiger partial charge in [-0.3, -0.25) is 9.59 Å². The van der Waals surface area contributed by atoms with E-state index in [1.54, 1.807) is 14.0 Å². The molecular formula is C13H17NO4. The molecule has 1 amide bonds. The van der Waals surface area contributed by atoms with E-state index in [1.165, 1.54) is 0 Å². The van der Waals surface area contributed by atoms with Gasteiger partial charge in [0.15, 0.2) is 0 Å². The Morgan fingerprint density at radius 2 is 2.00 bits per heavy atom. The molecule has 0 unspecified atom stereocenters. The van der Waals surface area contributed by atoms with Gasteiger partial charge in [-0.05, 0) is 13.0 Å². The highest BCUT2D eigenvalue weighted by atomic mass is 16.5. The zero-order valence-corrected chi connectivity index (χ0v) is 10.6. The molecule has 0 bridgehead atoms. The van der Waals surface area contributed by atoms with Gasteiger partial charge < -0.3 is 14.8 Å². The lowest BCUT2D eigenvalue weighted by Crippen LogP contribution is -2.26. The smallest absolute Gasteiger partial charge is 0.315 e. The summed E-state index contributed by atoms with van der Waals surface area (Å²) in [6, 6.07) is 7.37. The molecule has 1 aromatic carbocycles. The van der Waals surface area contributed by atoms with Crippen LogP contribution < -0.4 is 10.1 Å². The van der Waals surface area contributed by atoms with Crippen LogP contribution in [0.25, 0.3) is 0 Å². The molecule has 0 fully saturated rings. The van der Waals surface area contributed by atoms with Crippen molar-refractivity contribution in [3.63, 3.8) is 0 Å². The average Bonchev–Trinajstić information content (AvgIpc) is 2.37. The first-order chi connectivity index (χ1) is 8.67. The Kier molecular flexibility index (Phi) is 5.70. The van der Waals surface area contributed by atoms with E-state index in [1.807, 2.05) is 24.3 Å². The predicted octanol–water partition coefficient (Wildman–Crippen LogP) is 1.26. The Labute approximate surface area is 106 Å². The Morgan fingerprint density at radius 1 is 1.28 bits per heavy atom. The monoisotopic (exact) mass is 251 g/mol. The molecule has 1 aromatic rings. The molecule has 0 heterocycles. The first-order valence-corrected chi connectivity index (χ1v) is 5.71. The van der Waals surface area contributed by atoms with Crippen LogP contribution >= 0.6 is 0 Å². The number of amides is 1. The van der Waals surface area contributed by atoms with E-state index in [4.69, 9.17) is 4.74 Å². The van der Waals surface area contributed by atoms with Crippen LogP contribution in [0.15, 0.2) is 24.3 Å². The van der Waals surface area contributed by atoms with Crippen LogP contribution in [0.1, 0.15) is 18.9 Å². The highest BCUT2D eigenvalue weighted by molar-refractivity contribution is 5.94. The zero-order chi connectivity index (χ0) is 13.4. The summed E-state index contributed by atoms with van der Waals surface area (Å²) in [5.41, 5.74) is 0.859. The lowest BCUT2D eigenvalue weighted by molar-refractivity contribution is -0.146. The van der Waals surface area contributed by atoms with Crippen molar-refractivity contribution in [3.05, 3.63) is 29.8 Å². The van der Waals surface area contributed by atoms with Gasteiger partial charge in [0.05, 0.1) is 13.7 Å². The van der Waals surface area contributed by atoms with Gasteiger partial charge in [-0.15, -0.1) is 0 Å². The van der Waals surface area contributed by atoms with Crippen molar-refractivity contribution in [2.45, 2.75) is 19.9 Å². The molecule has 1 rings (SSSR count). The second-order valence-electron chi connectivity index (χ2n) is 3.57. The number of hydrogen-bond donors (Lipinski definition) is 1. The van der Waals surface area contributed by atoms with Gasteiger partial charge in [-0.1, -0.05) is 18.2 Å². The number of carbonyl (C=O) groups excluding carboxylic acids is 2. The lowest BCUT2D eigenvalue weighted by atomic mass is 10.2. The molecule has 5 heteroatoms. The number of methoxy groups -OCH3 is 1. The Hall–Kier alpha value is -2.04. The summed E-state index contributed by atoms with van der Waals surface area (Å²) in [4.78, 5) is 22.5. The summed E-state index contributed by atoms with van der Waals surface area (Å²) in [5, 5.41) is 2.64. The predicted molar refractivity (Wildman–Crippen MR) is 66.1 cm³/mol. The van der Waals surface area contributed by atoms with E-state index in [0.717, 1.165) is 5.56 Å². The summed E-state index contributed by atoms with van der Waals surface area (Å²) < 4.78 is 9.84. The standard InChI is InChI=1S/C13H17NO4/c1-3-18-13(16)8-12(15)14-9-10-6-4-5-7-11(10)17-2/h4-7H,3,8-9H2,1-2H3,(H,14,15). The Bertz CT molecular complexity index is 417. The molecule has 0 saturated carbocycles. The van der Waals surface area contributed by atoms with Crippen LogP contribution in [0.3, 0.4) is 0 Å². The van der Waals surface area contributed by atoms with Crippen molar-refractivity contribution in [2.24, 2.45) is 0 Å². The normalized spacial score (nSPS) is 9.67. The molecule has 5 nitrogen and oxygen atoms in total. The third kappa shape index (κ3) is 4.45. The van der Waals surface area contributed by atoms with Gasteiger partial charge in [0, 0.05) is 12.1 Å². The first-order valence-electron chi connectivity index (χ1n) is 5.71. The number of nitrogens with one attached hydrogen (secondary N) is 1. The Morgan fingerprint density at radius 3 is 2.67 bits per heavy atom. The van der Waals surface area contributed by atoms with E-state index in [-0.39, 0.29) is 18.9 Å². The van der Waals surface area contributed by atoms with Crippen LogP contribution in [0.2, 0.25) is 0 Å². The van der Waals surface area contributed by atoms with Crippen LogP contribution in [-0.4, -0.2) is 25.6 Å². The molecule has 0 saturated heterocycles. The van der Waals surface area contributed by atoms with E-state index in [0.29, 0.717) is 12.3 Å². The van der Waals surface area contributed by atoms with Crippen LogP contribution in [-0.2, 0) is 20.9 Å². The molecular weight excluding hydrogens is 234 g/mol. The van der Waals surface area contributed by atoms with E-state index >= 15 is 0 Å². The summed E-state index contributed by atoms with van der Waals surface area (Å²) in [6.07, 6.45) is -0.261. The number of benzene rings is 1. The van der Waals surface area contributed by atoms with Gasteiger partial charge >= 0.3 is 5.97 Å². The fourth-order valence-corrected chi connectivity index (χ4v) is 1.45. The van der Waals surface area contributed by atoms with Crippen molar-refractivity contribution in [1.29, 1.82) is 0 Å². The third-order valence-corrected chi connectivity index (χ3v) is 2.28. The second-order valence-corrected chi connectivity index (χ2v) is 3.57. The van der Waals surface area contributed by atoms with Crippen molar-refractivity contribution >= 4 is 11.9 Å². The minimum atomic E-state index is -0.518. The van der Waals surface area contributed by atoms with Crippen LogP contribution in [0.4, 0.5) is 0 Å². The highest BCUT2D eigenvalue weighted by Gasteiger charge is 2.10. The van der Waals surface area contributed by atoms with E-state index in [9.17, 15) is 9.59 Å². The van der Waals surface area contributed by atoms with Crippen molar-refractivity contribution < 1.29 is 19.1 Å². The van der Waals surface area contributed by atoms with Crippen LogP contribution in [0, 0.1) is 0 Å². The minimum absolute atomic E-state index is 0.261. The third-order valence-electron chi connectivity index (χ3n) is 2.28. The molecule has 18 heavy (non-hydrogen) atoms. The lowest BCUT2D eigenvalue weighted by Gasteiger charge is -2.09. The first kappa shape index (κ1) is 14.0. The molecule has 0 radical (unpaired) electrons. The number of rotatable bonds is 6. The molecule has 0 aromatic heterocycles. The summed E-state index contributed by atoms with van der Waals surface area (Å²) in [6.45, 7) is 2.30. The summed E-state index contributed by atoms with van der Waals surface area (Å²) in [7, 11) is 1.57. The SMILES string of the molecule is CCOC(=O)CC(=O)NCc1ccccc1OC. The van der Waals surface area contributed by atoms with E-state index < -0.39 is 5.97 Å². The second kappa shape index (κ2) is 7.32. The molecule has 0 atom stereocenters. The zero-order valence-electron chi connectivity index (χ0n) is 10.6. The molecule has 0 aliphatic carbocycles. The largest absolute Gasteiger partial charge is 0.496 e. The summed E-state index contributed by atoms with van der Waals surface area (Å²) >= 11 is 0. The minimum Gasteiger partial charge on any atom is -0.496 e. The highest BCUT2D eigenvalue weighted by Crippen LogP contribution is 2.16. The van der Waals surface area contributed by atoms with Crippen molar-refractivity contribution in [1.82, 2.24) is 5.32 Å². The fourth-order valence-electron chi connectivity index (χ4n) is 1.45. The number of hydrogen-bond acceptors (Lipinski definition) is 4.